The molecule has 1 N–H and O–H groups in total. The molecule has 1 aliphatic carbocycles. The number of alkyl halides is 2. The van der Waals surface area contributed by atoms with Gasteiger partial charge in [0, 0.05) is 0 Å². The van der Waals surface area contributed by atoms with Crippen LogP contribution in [0.3, 0.4) is 0 Å². The molecule has 0 radical (unpaired) electrons. The predicted molar refractivity (Wildman–Crippen MR) is 89.6 cm³/mol. The number of carbonyl (C=O) groups excluding carboxylic acids is 1. The number of hydrazone groups is 1. The molecule has 1 fully saturated rings. The summed E-state index contributed by atoms with van der Waals surface area (Å²) in [5, 5.41) is 4.21. The van der Waals surface area contributed by atoms with Gasteiger partial charge in [-0.3, -0.25) is 4.79 Å². The SMILES string of the molecule is CC(=NNC(=O)C1(C)CC1(Br)Br)c1ccc(C)c(C)c1. The molecule has 1 unspecified atom stereocenters. The van der Waals surface area contributed by atoms with Crippen LogP contribution in [0, 0.1) is 19.3 Å². The smallest absolute Gasteiger partial charge is 0.248 e. The van der Waals surface area contributed by atoms with Gasteiger partial charge in [0.1, 0.15) is 0 Å². The lowest BCUT2D eigenvalue weighted by atomic mass is 10.0. The molecule has 1 aliphatic rings. The van der Waals surface area contributed by atoms with E-state index < -0.39 is 5.41 Å². The first-order valence-corrected chi connectivity index (χ1v) is 8.06. The fourth-order valence-corrected chi connectivity index (χ4v) is 3.42. The van der Waals surface area contributed by atoms with Crippen molar-refractivity contribution in [2.75, 3.05) is 0 Å². The number of nitrogens with zero attached hydrogens (tertiary/aromatic N) is 1. The van der Waals surface area contributed by atoms with Gasteiger partial charge in [0.05, 0.1) is 14.4 Å². The van der Waals surface area contributed by atoms with E-state index in [0.29, 0.717) is 0 Å². The molecule has 3 nitrogen and oxygen atoms in total. The number of nitrogens with one attached hydrogen (secondary N) is 1. The first-order chi connectivity index (χ1) is 9.17. The van der Waals surface area contributed by atoms with Gasteiger partial charge in [-0.1, -0.05) is 44.0 Å². The number of hydrogen-bond acceptors (Lipinski definition) is 2. The zero-order chi connectivity index (χ0) is 15.1. The zero-order valence-electron chi connectivity index (χ0n) is 12.1. The molecular weight excluding hydrogens is 384 g/mol. The van der Waals surface area contributed by atoms with Gasteiger partial charge in [0.25, 0.3) is 0 Å². The number of rotatable bonds is 3. The molecule has 0 heterocycles. The van der Waals surface area contributed by atoms with Gasteiger partial charge in [-0.15, -0.1) is 0 Å². The van der Waals surface area contributed by atoms with Crippen LogP contribution in [-0.4, -0.2) is 14.9 Å². The van der Waals surface area contributed by atoms with Crippen molar-refractivity contribution in [2.24, 2.45) is 10.5 Å². The van der Waals surface area contributed by atoms with E-state index in [9.17, 15) is 4.79 Å². The van der Waals surface area contributed by atoms with E-state index in [1.54, 1.807) is 0 Å². The summed E-state index contributed by atoms with van der Waals surface area (Å²) in [6, 6.07) is 6.17. The van der Waals surface area contributed by atoms with Crippen molar-refractivity contribution < 1.29 is 4.79 Å². The zero-order valence-corrected chi connectivity index (χ0v) is 15.2. The fourth-order valence-electron chi connectivity index (χ4n) is 1.94. The van der Waals surface area contributed by atoms with Gasteiger partial charge in [0.15, 0.2) is 0 Å². The summed E-state index contributed by atoms with van der Waals surface area (Å²) in [6.45, 7) is 7.95. The predicted octanol–water partition coefficient (Wildman–Crippen LogP) is 4.04. The Kier molecular flexibility index (Phi) is 4.13. The summed E-state index contributed by atoms with van der Waals surface area (Å²) in [5.41, 5.74) is 6.52. The minimum atomic E-state index is -0.444. The number of carbonyl (C=O) groups is 1. The van der Waals surface area contributed by atoms with Crippen LogP contribution in [0.2, 0.25) is 0 Å². The topological polar surface area (TPSA) is 41.5 Å². The van der Waals surface area contributed by atoms with Crippen LogP contribution in [0.15, 0.2) is 23.3 Å². The molecule has 0 aromatic heterocycles. The largest absolute Gasteiger partial charge is 0.272 e. The lowest BCUT2D eigenvalue weighted by molar-refractivity contribution is -0.125. The molecule has 0 bridgehead atoms. The van der Waals surface area contributed by atoms with Gasteiger partial charge >= 0.3 is 0 Å². The minimum Gasteiger partial charge on any atom is -0.272 e. The van der Waals surface area contributed by atoms with Crippen LogP contribution in [-0.2, 0) is 4.79 Å². The Hall–Kier alpha value is -0.680. The number of benzene rings is 1. The molecule has 0 aliphatic heterocycles. The standard InChI is InChI=1S/C15H18Br2N2O/c1-9-5-6-12(7-10(9)2)11(3)18-19-13(20)14(4)8-15(14,16)17/h5-7H,8H2,1-4H3,(H,19,20). The Morgan fingerprint density at radius 2 is 1.90 bits per heavy atom. The Balaban J connectivity index is 2.08. The normalized spacial score (nSPS) is 24.4. The highest BCUT2D eigenvalue weighted by molar-refractivity contribution is 9.25. The minimum absolute atomic E-state index is 0.0746. The molecule has 2 rings (SSSR count). The number of aryl methyl sites for hydroxylation is 2. The lowest BCUT2D eigenvalue weighted by Gasteiger charge is -2.11. The van der Waals surface area contributed by atoms with Crippen LogP contribution >= 0.6 is 31.9 Å². The quantitative estimate of drug-likeness (QED) is 0.463. The summed E-state index contributed by atoms with van der Waals surface area (Å²) in [6.07, 6.45) is 0.754. The Labute approximate surface area is 136 Å². The third-order valence-corrected chi connectivity index (χ3v) is 6.32. The molecule has 1 amide bonds. The van der Waals surface area contributed by atoms with Crippen LogP contribution in [0.4, 0.5) is 0 Å². The lowest BCUT2D eigenvalue weighted by Crippen LogP contribution is -2.30. The van der Waals surface area contributed by atoms with Gasteiger partial charge in [-0.25, -0.2) is 5.43 Å². The molecular formula is C15H18Br2N2O. The monoisotopic (exact) mass is 400 g/mol. The molecule has 5 heteroatoms. The molecule has 20 heavy (non-hydrogen) atoms. The van der Waals surface area contributed by atoms with Crippen molar-refractivity contribution in [1.82, 2.24) is 5.43 Å². The van der Waals surface area contributed by atoms with Crippen molar-refractivity contribution in [1.29, 1.82) is 0 Å². The highest BCUT2D eigenvalue weighted by atomic mass is 79.9. The fraction of sp³-hybridized carbons (Fsp3) is 0.467. The van der Waals surface area contributed by atoms with Crippen LogP contribution in [0.5, 0.6) is 0 Å². The first-order valence-electron chi connectivity index (χ1n) is 6.47. The van der Waals surface area contributed by atoms with Crippen molar-refractivity contribution in [3.8, 4) is 0 Å². The second-order valence-electron chi connectivity index (χ2n) is 5.65. The average molecular weight is 402 g/mol. The van der Waals surface area contributed by atoms with E-state index in [1.807, 2.05) is 19.9 Å². The van der Waals surface area contributed by atoms with E-state index in [4.69, 9.17) is 0 Å². The molecule has 1 saturated carbocycles. The number of amides is 1. The van der Waals surface area contributed by atoms with Crippen molar-refractivity contribution in [3.63, 3.8) is 0 Å². The van der Waals surface area contributed by atoms with Crippen molar-refractivity contribution >= 4 is 43.5 Å². The maximum atomic E-state index is 12.1. The molecule has 108 valence electrons. The first kappa shape index (κ1) is 15.7. The number of hydrogen-bond donors (Lipinski definition) is 1. The van der Waals surface area contributed by atoms with Gasteiger partial charge in [0.2, 0.25) is 5.91 Å². The third-order valence-electron chi connectivity index (χ3n) is 4.01. The van der Waals surface area contributed by atoms with Crippen molar-refractivity contribution in [3.05, 3.63) is 34.9 Å². The van der Waals surface area contributed by atoms with E-state index >= 15 is 0 Å². The van der Waals surface area contributed by atoms with Crippen LogP contribution in [0.1, 0.15) is 37.0 Å². The summed E-state index contributed by atoms with van der Waals surface area (Å²) in [5.74, 6) is -0.0746. The van der Waals surface area contributed by atoms with Crippen molar-refractivity contribution in [2.45, 2.75) is 37.3 Å². The molecule has 1 aromatic rings. The van der Waals surface area contributed by atoms with Crippen LogP contribution in [0.25, 0.3) is 0 Å². The van der Waals surface area contributed by atoms with Gasteiger partial charge < -0.3 is 0 Å². The van der Waals surface area contributed by atoms with E-state index in [0.717, 1.165) is 17.7 Å². The molecule has 1 aromatic carbocycles. The number of halogens is 2. The van der Waals surface area contributed by atoms with Gasteiger partial charge in [-0.2, -0.15) is 5.10 Å². The van der Waals surface area contributed by atoms with Crippen LogP contribution < -0.4 is 5.43 Å². The summed E-state index contributed by atoms with van der Waals surface area (Å²) < 4.78 is -0.291. The Morgan fingerprint density at radius 3 is 2.40 bits per heavy atom. The highest BCUT2D eigenvalue weighted by Gasteiger charge is 2.66. The average Bonchev–Trinajstić information content (AvgIpc) is 2.90. The maximum Gasteiger partial charge on any atom is 0.248 e. The Morgan fingerprint density at radius 1 is 1.30 bits per heavy atom. The third kappa shape index (κ3) is 2.84. The molecule has 1 atom stereocenters. The molecule has 0 saturated heterocycles. The maximum absolute atomic E-state index is 12.1. The van der Waals surface area contributed by atoms with E-state index in [-0.39, 0.29) is 9.14 Å². The summed E-state index contributed by atoms with van der Waals surface area (Å²) >= 11 is 6.97. The highest BCUT2D eigenvalue weighted by Crippen LogP contribution is 2.66. The molecule has 0 spiro atoms. The second-order valence-corrected chi connectivity index (χ2v) is 9.42. The van der Waals surface area contributed by atoms with E-state index in [2.05, 4.69) is 68.4 Å². The van der Waals surface area contributed by atoms with E-state index in [1.165, 1.54) is 11.1 Å². The summed E-state index contributed by atoms with van der Waals surface area (Å²) in [4.78, 5) is 12.1. The summed E-state index contributed by atoms with van der Waals surface area (Å²) in [7, 11) is 0. The van der Waals surface area contributed by atoms with Gasteiger partial charge in [-0.05, 0) is 56.9 Å². The second kappa shape index (κ2) is 5.26. The Bertz CT molecular complexity index is 596.